The highest BCUT2D eigenvalue weighted by molar-refractivity contribution is 6.03. The van der Waals surface area contributed by atoms with Crippen molar-refractivity contribution in [2.24, 2.45) is 0 Å². The number of nitrogens with one attached hydrogen (secondary N) is 2. The average Bonchev–Trinajstić information content (AvgIpc) is 2.96. The van der Waals surface area contributed by atoms with Crippen LogP contribution in [0.2, 0.25) is 0 Å². The second kappa shape index (κ2) is 14.2. The Kier molecular flexibility index (Phi) is 10.4. The maximum absolute atomic E-state index is 13.4. The number of carbonyl (C=O) groups is 2. The van der Waals surface area contributed by atoms with Gasteiger partial charge in [-0.2, -0.15) is 13.2 Å². The topological polar surface area (TPSA) is 108 Å². The molecule has 0 bridgehead atoms. The standard InChI is InChI=1S/C32H35F3N4O3/c33-32(34,35)24-14-16-25(17-15-24)37-31(42)27(6-4-20-39-19-3-5-26(40)21-39)23-12-9-22(10-13-23)11-18-30(41)38-29-8-2-1-7-28(29)36/h1-2,7-18,26-27,40H,3-6,19-21,36H2,(H,37,42)(H,38,41). The zero-order valence-corrected chi connectivity index (χ0v) is 23.1. The number of para-hydroxylation sites is 2. The Bertz CT molecular complexity index is 1380. The molecule has 2 atom stereocenters. The van der Waals surface area contributed by atoms with Gasteiger partial charge in [-0.15, -0.1) is 0 Å². The number of carbonyl (C=O) groups excluding carboxylic acids is 2. The zero-order valence-electron chi connectivity index (χ0n) is 23.1. The number of benzene rings is 3. The number of aliphatic hydroxyl groups excluding tert-OH is 1. The lowest BCUT2D eigenvalue weighted by Gasteiger charge is -2.30. The second-order valence-electron chi connectivity index (χ2n) is 10.4. The van der Waals surface area contributed by atoms with Crippen LogP contribution in [0.4, 0.5) is 30.2 Å². The number of β-amino-alcohol motifs (C(OH)–C–C–N with tert-alkyl or cyclic N) is 1. The third-order valence-corrected chi connectivity index (χ3v) is 7.23. The van der Waals surface area contributed by atoms with Gasteiger partial charge >= 0.3 is 6.18 Å². The average molecular weight is 581 g/mol. The van der Waals surface area contributed by atoms with E-state index in [4.69, 9.17) is 5.73 Å². The van der Waals surface area contributed by atoms with Crippen LogP contribution in [0.1, 0.15) is 48.3 Å². The lowest BCUT2D eigenvalue weighted by atomic mass is 9.92. The fourth-order valence-corrected chi connectivity index (χ4v) is 4.97. The van der Waals surface area contributed by atoms with E-state index in [1.807, 2.05) is 12.1 Å². The second-order valence-corrected chi connectivity index (χ2v) is 10.4. The van der Waals surface area contributed by atoms with E-state index in [1.165, 1.54) is 18.2 Å². The molecule has 222 valence electrons. The summed E-state index contributed by atoms with van der Waals surface area (Å²) in [5, 5.41) is 15.5. The van der Waals surface area contributed by atoms with Gasteiger partial charge < -0.3 is 26.4 Å². The van der Waals surface area contributed by atoms with Gasteiger partial charge in [-0.1, -0.05) is 36.4 Å². The molecule has 3 aromatic rings. The molecule has 7 nitrogen and oxygen atoms in total. The Morgan fingerprint density at radius 2 is 1.74 bits per heavy atom. The number of nitrogen functional groups attached to an aromatic ring is 1. The molecule has 2 amide bonds. The molecule has 4 rings (SSSR count). The third kappa shape index (κ3) is 8.92. The van der Waals surface area contributed by atoms with E-state index >= 15 is 0 Å². The van der Waals surface area contributed by atoms with Crippen LogP contribution in [-0.2, 0) is 15.8 Å². The Morgan fingerprint density at radius 3 is 2.40 bits per heavy atom. The number of rotatable bonds is 10. The Morgan fingerprint density at radius 1 is 1.02 bits per heavy atom. The van der Waals surface area contributed by atoms with Crippen LogP contribution in [0.3, 0.4) is 0 Å². The van der Waals surface area contributed by atoms with Gasteiger partial charge in [-0.25, -0.2) is 0 Å². The zero-order chi connectivity index (χ0) is 30.1. The van der Waals surface area contributed by atoms with Crippen molar-refractivity contribution in [1.82, 2.24) is 4.90 Å². The van der Waals surface area contributed by atoms with E-state index in [9.17, 15) is 27.9 Å². The largest absolute Gasteiger partial charge is 0.416 e. The van der Waals surface area contributed by atoms with Crippen LogP contribution >= 0.6 is 0 Å². The van der Waals surface area contributed by atoms with Crippen LogP contribution in [0.15, 0.2) is 78.9 Å². The molecule has 10 heteroatoms. The molecule has 0 spiro atoms. The van der Waals surface area contributed by atoms with Gasteiger partial charge in [0.15, 0.2) is 0 Å². The fourth-order valence-electron chi connectivity index (χ4n) is 4.97. The number of halogens is 3. The van der Waals surface area contributed by atoms with Crippen LogP contribution in [-0.4, -0.2) is 47.6 Å². The molecule has 42 heavy (non-hydrogen) atoms. The van der Waals surface area contributed by atoms with E-state index in [1.54, 1.807) is 42.5 Å². The quantitative estimate of drug-likeness (QED) is 0.177. The van der Waals surface area contributed by atoms with Gasteiger partial charge in [0.1, 0.15) is 0 Å². The molecular formula is C32H35F3N4O3. The fraction of sp³-hybridized carbons (Fsp3) is 0.312. The smallest absolute Gasteiger partial charge is 0.397 e. The molecule has 5 N–H and O–H groups in total. The predicted molar refractivity (Wildman–Crippen MR) is 159 cm³/mol. The number of hydrogen-bond acceptors (Lipinski definition) is 5. The van der Waals surface area contributed by atoms with Crippen molar-refractivity contribution in [1.29, 1.82) is 0 Å². The summed E-state index contributed by atoms with van der Waals surface area (Å²) in [5.41, 5.74) is 7.84. The summed E-state index contributed by atoms with van der Waals surface area (Å²) >= 11 is 0. The summed E-state index contributed by atoms with van der Waals surface area (Å²) < 4.78 is 38.9. The molecule has 0 aromatic heterocycles. The van der Waals surface area contributed by atoms with Crippen LogP contribution in [0.25, 0.3) is 6.08 Å². The number of aliphatic hydroxyl groups is 1. The monoisotopic (exact) mass is 580 g/mol. The minimum absolute atomic E-state index is 0.279. The van der Waals surface area contributed by atoms with E-state index in [0.29, 0.717) is 30.8 Å². The molecule has 0 aliphatic carbocycles. The maximum atomic E-state index is 13.4. The minimum atomic E-state index is -4.46. The molecule has 1 saturated heterocycles. The third-order valence-electron chi connectivity index (χ3n) is 7.23. The van der Waals surface area contributed by atoms with Gasteiger partial charge in [0.05, 0.1) is 29.0 Å². The summed E-state index contributed by atoms with van der Waals surface area (Å²) in [6.45, 7) is 2.22. The lowest BCUT2D eigenvalue weighted by Crippen LogP contribution is -2.38. The van der Waals surface area contributed by atoms with Crippen molar-refractivity contribution in [2.45, 2.75) is 43.9 Å². The molecule has 1 fully saturated rings. The van der Waals surface area contributed by atoms with Crippen molar-refractivity contribution in [3.05, 3.63) is 95.6 Å². The highest BCUT2D eigenvalue weighted by Gasteiger charge is 2.30. The summed E-state index contributed by atoms with van der Waals surface area (Å²) in [4.78, 5) is 27.9. The number of anilines is 3. The summed E-state index contributed by atoms with van der Waals surface area (Å²) in [6, 6.07) is 18.5. The maximum Gasteiger partial charge on any atom is 0.416 e. The van der Waals surface area contributed by atoms with Crippen LogP contribution in [0, 0.1) is 0 Å². The number of amides is 2. The number of nitrogens with two attached hydrogens (primary N) is 1. The van der Waals surface area contributed by atoms with Crippen LogP contribution in [0.5, 0.6) is 0 Å². The highest BCUT2D eigenvalue weighted by atomic mass is 19.4. The van der Waals surface area contributed by atoms with Gasteiger partial charge in [0.25, 0.3) is 0 Å². The first-order valence-corrected chi connectivity index (χ1v) is 13.9. The van der Waals surface area contributed by atoms with Crippen molar-refractivity contribution in [2.75, 3.05) is 36.0 Å². The molecule has 0 saturated carbocycles. The van der Waals surface area contributed by atoms with Crippen molar-refractivity contribution in [3.63, 3.8) is 0 Å². The molecule has 2 unspecified atom stereocenters. The number of likely N-dealkylation sites (tertiary alicyclic amines) is 1. The highest BCUT2D eigenvalue weighted by Crippen LogP contribution is 2.31. The Labute approximate surface area is 243 Å². The van der Waals surface area contributed by atoms with Crippen molar-refractivity contribution < 1.29 is 27.9 Å². The Hall–Kier alpha value is -4.15. The van der Waals surface area contributed by atoms with Gasteiger partial charge in [-0.3, -0.25) is 9.59 Å². The lowest BCUT2D eigenvalue weighted by molar-refractivity contribution is -0.137. The van der Waals surface area contributed by atoms with Crippen molar-refractivity contribution in [3.8, 4) is 0 Å². The number of nitrogens with zero attached hydrogens (tertiary/aromatic N) is 1. The van der Waals surface area contributed by atoms with Gasteiger partial charge in [0.2, 0.25) is 11.8 Å². The summed E-state index contributed by atoms with van der Waals surface area (Å²) in [7, 11) is 0. The molecular weight excluding hydrogens is 545 g/mol. The SMILES string of the molecule is Nc1ccccc1NC(=O)C=Cc1ccc(C(CCCN2CCCC(O)C2)C(=O)Nc2ccc(C(F)(F)F)cc2)cc1. The normalized spacial score (nSPS) is 16.7. The minimum Gasteiger partial charge on any atom is -0.397 e. The number of alkyl halides is 3. The first-order valence-electron chi connectivity index (χ1n) is 13.9. The molecule has 1 aliphatic heterocycles. The van der Waals surface area contributed by atoms with E-state index in [0.717, 1.165) is 49.2 Å². The van der Waals surface area contributed by atoms with E-state index < -0.39 is 17.7 Å². The number of hydrogen-bond donors (Lipinski definition) is 4. The van der Waals surface area contributed by atoms with Crippen LogP contribution < -0.4 is 16.4 Å². The van der Waals surface area contributed by atoms with Crippen molar-refractivity contribution >= 4 is 35.0 Å². The van der Waals surface area contributed by atoms with Gasteiger partial charge in [0, 0.05) is 18.3 Å². The van der Waals surface area contributed by atoms with E-state index in [-0.39, 0.29) is 23.6 Å². The first kappa shape index (κ1) is 30.8. The predicted octanol–water partition coefficient (Wildman–Crippen LogP) is 5.90. The Balaban J connectivity index is 1.43. The molecule has 3 aromatic carbocycles. The summed E-state index contributed by atoms with van der Waals surface area (Å²) in [5.74, 6) is -1.21. The van der Waals surface area contributed by atoms with Gasteiger partial charge in [-0.05, 0) is 92.4 Å². The summed E-state index contributed by atoms with van der Waals surface area (Å²) in [6.07, 6.45) is 1.16. The molecule has 0 radical (unpaired) electrons. The molecule has 1 heterocycles. The number of piperidine rings is 1. The first-order chi connectivity index (χ1) is 20.1. The van der Waals surface area contributed by atoms with E-state index in [2.05, 4.69) is 15.5 Å². The molecule has 1 aliphatic rings.